The maximum absolute atomic E-state index is 10.0. The summed E-state index contributed by atoms with van der Waals surface area (Å²) in [7, 11) is 0. The van der Waals surface area contributed by atoms with Crippen molar-refractivity contribution >= 4 is 0 Å². The highest BCUT2D eigenvalue weighted by atomic mass is 16.5. The molecule has 1 aromatic carbocycles. The Morgan fingerprint density at radius 3 is 2.73 bits per heavy atom. The van der Waals surface area contributed by atoms with Crippen LogP contribution < -0.4 is 10.1 Å². The van der Waals surface area contributed by atoms with E-state index in [4.69, 9.17) is 4.74 Å². The molecule has 0 saturated carbocycles. The van der Waals surface area contributed by atoms with Crippen molar-refractivity contribution < 1.29 is 20.1 Å². The van der Waals surface area contributed by atoms with E-state index in [1.807, 2.05) is 32.9 Å². The average Bonchev–Trinajstić information content (AvgIpc) is 2.46. The minimum atomic E-state index is -0.861. The van der Waals surface area contributed by atoms with Crippen LogP contribution in [-0.4, -0.2) is 46.2 Å². The normalized spacial score (nSPS) is 23.0. The fourth-order valence-corrected chi connectivity index (χ4v) is 2.59. The number of hydrogen-bond acceptors (Lipinski definition) is 5. The van der Waals surface area contributed by atoms with Crippen molar-refractivity contribution in [2.75, 3.05) is 13.2 Å². The molecule has 0 aliphatic heterocycles. The van der Waals surface area contributed by atoms with Gasteiger partial charge in [-0.3, -0.25) is 0 Å². The lowest BCUT2D eigenvalue weighted by Gasteiger charge is -2.28. The van der Waals surface area contributed by atoms with E-state index in [0.29, 0.717) is 25.1 Å². The first-order chi connectivity index (χ1) is 10.3. The van der Waals surface area contributed by atoms with E-state index in [1.165, 1.54) is 0 Å². The summed E-state index contributed by atoms with van der Waals surface area (Å²) in [4.78, 5) is 0. The van der Waals surface area contributed by atoms with E-state index in [1.54, 1.807) is 6.07 Å². The summed E-state index contributed by atoms with van der Waals surface area (Å²) in [6.07, 6.45) is -0.999. The molecule has 0 saturated heterocycles. The van der Waals surface area contributed by atoms with E-state index in [-0.39, 0.29) is 12.1 Å². The average molecular weight is 309 g/mol. The molecule has 0 fully saturated rings. The van der Waals surface area contributed by atoms with Crippen LogP contribution in [0.3, 0.4) is 0 Å². The maximum Gasteiger partial charge on any atom is 0.123 e. The summed E-state index contributed by atoms with van der Waals surface area (Å²) in [5.74, 6) is 0.679. The van der Waals surface area contributed by atoms with Gasteiger partial charge < -0.3 is 25.4 Å². The molecule has 124 valence electrons. The van der Waals surface area contributed by atoms with Gasteiger partial charge in [0.1, 0.15) is 24.6 Å². The number of rotatable bonds is 5. The Morgan fingerprint density at radius 1 is 1.32 bits per heavy atom. The predicted octanol–water partition coefficient (Wildman–Crippen LogP) is 1.15. The molecule has 0 amide bonds. The molecule has 1 aliphatic carbocycles. The van der Waals surface area contributed by atoms with Crippen molar-refractivity contribution in [3.63, 3.8) is 0 Å². The fraction of sp³-hybridized carbons (Fsp3) is 0.647. The molecule has 1 aromatic rings. The number of aliphatic hydroxyl groups excluding tert-OH is 3. The molecule has 22 heavy (non-hydrogen) atoms. The molecule has 1 unspecified atom stereocenters. The van der Waals surface area contributed by atoms with Gasteiger partial charge in [0.25, 0.3) is 0 Å². The minimum absolute atomic E-state index is 0.0485. The Kier molecular flexibility index (Phi) is 5.45. The fourth-order valence-electron chi connectivity index (χ4n) is 2.59. The van der Waals surface area contributed by atoms with E-state index in [0.717, 1.165) is 11.1 Å². The zero-order valence-electron chi connectivity index (χ0n) is 13.5. The van der Waals surface area contributed by atoms with Crippen molar-refractivity contribution in [2.24, 2.45) is 0 Å². The van der Waals surface area contributed by atoms with E-state index in [9.17, 15) is 15.3 Å². The number of aliphatic hydroxyl groups is 3. The number of benzene rings is 1. The van der Waals surface area contributed by atoms with Crippen LogP contribution in [0.15, 0.2) is 18.2 Å². The van der Waals surface area contributed by atoms with Crippen LogP contribution in [-0.2, 0) is 6.42 Å². The van der Waals surface area contributed by atoms with Crippen LogP contribution in [0, 0.1) is 0 Å². The third-order valence-electron chi connectivity index (χ3n) is 3.84. The molecular formula is C17H27NO4. The van der Waals surface area contributed by atoms with Crippen molar-refractivity contribution in [3.8, 4) is 5.75 Å². The van der Waals surface area contributed by atoms with E-state index >= 15 is 0 Å². The molecule has 4 N–H and O–H groups in total. The van der Waals surface area contributed by atoms with Crippen LogP contribution in [0.25, 0.3) is 0 Å². The molecule has 0 radical (unpaired) electrons. The summed E-state index contributed by atoms with van der Waals surface area (Å²) >= 11 is 0. The van der Waals surface area contributed by atoms with Crippen molar-refractivity contribution in [1.29, 1.82) is 0 Å². The van der Waals surface area contributed by atoms with Gasteiger partial charge >= 0.3 is 0 Å². The number of β-amino-alcohol motifs (C(OH)–C–C–N with tert-alkyl or cyclic N) is 1. The Labute approximate surface area is 131 Å². The zero-order chi connectivity index (χ0) is 16.3. The topological polar surface area (TPSA) is 82.0 Å². The molecule has 2 rings (SSSR count). The van der Waals surface area contributed by atoms with Gasteiger partial charge in [-0.25, -0.2) is 0 Å². The summed E-state index contributed by atoms with van der Waals surface area (Å²) < 4.78 is 5.73. The second-order valence-corrected chi connectivity index (χ2v) is 6.97. The molecule has 0 aromatic heterocycles. The molecular weight excluding hydrogens is 282 g/mol. The summed E-state index contributed by atoms with van der Waals surface area (Å²) in [5, 5.41) is 33.0. The second-order valence-electron chi connectivity index (χ2n) is 6.97. The van der Waals surface area contributed by atoms with Crippen LogP contribution >= 0.6 is 0 Å². The summed E-state index contributed by atoms with van der Waals surface area (Å²) in [6, 6.07) is 5.45. The Balaban J connectivity index is 1.97. The van der Waals surface area contributed by atoms with Gasteiger partial charge in [0.2, 0.25) is 0 Å². The number of nitrogens with one attached hydrogen (secondary N) is 1. The Morgan fingerprint density at radius 2 is 2.05 bits per heavy atom. The predicted molar refractivity (Wildman–Crippen MR) is 85.0 cm³/mol. The molecule has 0 heterocycles. The van der Waals surface area contributed by atoms with Crippen LogP contribution in [0.2, 0.25) is 0 Å². The summed E-state index contributed by atoms with van der Waals surface area (Å²) in [6.45, 7) is 6.78. The number of hydrogen-bond donors (Lipinski definition) is 4. The molecule has 3 atom stereocenters. The highest BCUT2D eigenvalue weighted by Crippen LogP contribution is 2.35. The number of ether oxygens (including phenoxy) is 1. The van der Waals surface area contributed by atoms with Gasteiger partial charge in [-0.15, -0.1) is 0 Å². The molecule has 1 aliphatic rings. The smallest absolute Gasteiger partial charge is 0.123 e. The quantitative estimate of drug-likeness (QED) is 0.656. The first-order valence-electron chi connectivity index (χ1n) is 7.82. The second kappa shape index (κ2) is 6.96. The highest BCUT2D eigenvalue weighted by Gasteiger charge is 2.28. The van der Waals surface area contributed by atoms with Gasteiger partial charge in [-0.2, -0.15) is 0 Å². The SMILES string of the molecule is CC(C)(C)NCC(O)COc1cccc2c1CC[C@@H](O)[C@@H]2O. The van der Waals surface area contributed by atoms with Gasteiger partial charge in [0.15, 0.2) is 0 Å². The van der Waals surface area contributed by atoms with Gasteiger partial charge in [-0.1, -0.05) is 12.1 Å². The lowest BCUT2D eigenvalue weighted by molar-refractivity contribution is 0.00580. The van der Waals surface area contributed by atoms with Crippen LogP contribution in [0.1, 0.15) is 44.4 Å². The van der Waals surface area contributed by atoms with Crippen LogP contribution in [0.4, 0.5) is 0 Å². The van der Waals surface area contributed by atoms with Crippen molar-refractivity contribution in [1.82, 2.24) is 5.32 Å². The standard InChI is InChI=1S/C17H27NO4/c1-17(2,3)18-9-11(19)10-22-15-6-4-5-13-12(15)7-8-14(20)16(13)21/h4-6,11,14,16,18-21H,7-10H2,1-3H3/t11?,14-,16-/m1/s1. The molecule has 5 nitrogen and oxygen atoms in total. The Hall–Kier alpha value is -1.14. The van der Waals surface area contributed by atoms with Crippen molar-refractivity contribution in [2.45, 2.75) is 57.5 Å². The Bertz CT molecular complexity index is 498. The van der Waals surface area contributed by atoms with Crippen LogP contribution in [0.5, 0.6) is 5.75 Å². The van der Waals surface area contributed by atoms with Crippen molar-refractivity contribution in [3.05, 3.63) is 29.3 Å². The first-order valence-corrected chi connectivity index (χ1v) is 7.82. The minimum Gasteiger partial charge on any atom is -0.491 e. The largest absolute Gasteiger partial charge is 0.491 e. The van der Waals surface area contributed by atoms with E-state index in [2.05, 4.69) is 5.32 Å². The first kappa shape index (κ1) is 17.2. The summed E-state index contributed by atoms with van der Waals surface area (Å²) in [5.41, 5.74) is 1.60. The lowest BCUT2D eigenvalue weighted by Crippen LogP contribution is -2.42. The lowest BCUT2D eigenvalue weighted by atomic mass is 9.87. The monoisotopic (exact) mass is 309 g/mol. The third kappa shape index (κ3) is 4.43. The highest BCUT2D eigenvalue weighted by molar-refractivity contribution is 5.43. The molecule has 5 heteroatoms. The molecule has 0 bridgehead atoms. The number of fused-ring (bicyclic) bond motifs is 1. The van der Waals surface area contributed by atoms with Gasteiger partial charge in [0.05, 0.1) is 6.10 Å². The van der Waals surface area contributed by atoms with E-state index < -0.39 is 18.3 Å². The van der Waals surface area contributed by atoms with Gasteiger partial charge in [-0.05, 0) is 45.2 Å². The zero-order valence-corrected chi connectivity index (χ0v) is 13.5. The molecule has 0 spiro atoms. The maximum atomic E-state index is 10.0. The van der Waals surface area contributed by atoms with Gasteiger partial charge in [0, 0.05) is 17.6 Å². The third-order valence-corrected chi connectivity index (χ3v) is 3.84.